The fourth-order valence-corrected chi connectivity index (χ4v) is 4.23. The first kappa shape index (κ1) is 19.7. The van der Waals surface area contributed by atoms with Gasteiger partial charge in [-0.1, -0.05) is 19.1 Å². The summed E-state index contributed by atoms with van der Waals surface area (Å²) in [4.78, 5) is 19.5. The number of fused-ring (bicyclic) bond motifs is 1. The highest BCUT2D eigenvalue weighted by molar-refractivity contribution is 5.81. The lowest BCUT2D eigenvalue weighted by molar-refractivity contribution is -0.121. The number of hydrogen-bond donors (Lipinski definition) is 1. The topological polar surface area (TPSA) is 63.3 Å². The molecule has 0 saturated carbocycles. The zero-order valence-corrected chi connectivity index (χ0v) is 17.4. The molecule has 154 valence electrons. The van der Waals surface area contributed by atoms with Crippen LogP contribution in [-0.4, -0.2) is 40.0 Å². The number of furan rings is 1. The Morgan fingerprint density at radius 1 is 1.24 bits per heavy atom. The Kier molecular flexibility index (Phi) is 6.00. The zero-order chi connectivity index (χ0) is 20.2. The van der Waals surface area contributed by atoms with Crippen molar-refractivity contribution in [2.24, 2.45) is 5.92 Å². The van der Waals surface area contributed by atoms with Crippen LogP contribution < -0.4 is 5.32 Å². The maximum absolute atomic E-state index is 12.6. The minimum absolute atomic E-state index is 0.0481. The van der Waals surface area contributed by atoms with Gasteiger partial charge in [-0.3, -0.25) is 9.69 Å². The van der Waals surface area contributed by atoms with Gasteiger partial charge in [-0.25, -0.2) is 4.98 Å². The van der Waals surface area contributed by atoms with E-state index in [-0.39, 0.29) is 5.91 Å². The molecule has 0 radical (unpaired) electrons. The van der Waals surface area contributed by atoms with E-state index in [2.05, 4.69) is 34.3 Å². The summed E-state index contributed by atoms with van der Waals surface area (Å²) in [6.45, 7) is 8.03. The van der Waals surface area contributed by atoms with Crippen LogP contribution in [0.1, 0.15) is 37.1 Å². The molecule has 29 heavy (non-hydrogen) atoms. The molecule has 4 rings (SSSR count). The number of carbonyl (C=O) groups excluding carboxylic acids is 1. The Morgan fingerprint density at radius 2 is 2.07 bits per heavy atom. The first-order valence-corrected chi connectivity index (χ1v) is 10.6. The Hall–Kier alpha value is -2.60. The quantitative estimate of drug-likeness (QED) is 0.666. The molecule has 1 aliphatic rings. The van der Waals surface area contributed by atoms with Gasteiger partial charge in [0.2, 0.25) is 5.91 Å². The number of nitrogens with one attached hydrogen (secondary N) is 1. The van der Waals surface area contributed by atoms with Crippen LogP contribution in [0.2, 0.25) is 0 Å². The van der Waals surface area contributed by atoms with Gasteiger partial charge in [0.1, 0.15) is 23.9 Å². The predicted molar refractivity (Wildman–Crippen MR) is 114 cm³/mol. The Balaban J connectivity index is 1.29. The molecule has 1 N–H and O–H groups in total. The van der Waals surface area contributed by atoms with Crippen molar-refractivity contribution in [1.82, 2.24) is 19.8 Å². The molecule has 3 heterocycles. The first-order chi connectivity index (χ1) is 14.1. The normalized spacial score (nSPS) is 17.7. The fourth-order valence-electron chi connectivity index (χ4n) is 4.23. The van der Waals surface area contributed by atoms with Crippen molar-refractivity contribution in [2.75, 3.05) is 19.6 Å². The third kappa shape index (κ3) is 4.70. The standard InChI is InChI=1S/C23H30N4O2/c1-3-19-10-11-20(29-19)15-26-12-6-7-18(14-26)13-24-23(28)16-27-17(2)25-21-8-4-5-9-22(21)27/h4-5,8-11,18H,3,6-7,12-16H2,1-2H3,(H,24,28). The molecule has 1 unspecified atom stereocenters. The third-order valence-electron chi connectivity index (χ3n) is 5.78. The van der Waals surface area contributed by atoms with Crippen LogP contribution in [0.5, 0.6) is 0 Å². The summed E-state index contributed by atoms with van der Waals surface area (Å²) in [6, 6.07) is 12.1. The van der Waals surface area contributed by atoms with E-state index in [4.69, 9.17) is 4.42 Å². The highest BCUT2D eigenvalue weighted by Gasteiger charge is 2.21. The summed E-state index contributed by atoms with van der Waals surface area (Å²) in [5.74, 6) is 3.48. The summed E-state index contributed by atoms with van der Waals surface area (Å²) >= 11 is 0. The van der Waals surface area contributed by atoms with Gasteiger partial charge in [-0.2, -0.15) is 0 Å². The lowest BCUT2D eigenvalue weighted by Gasteiger charge is -2.32. The van der Waals surface area contributed by atoms with Gasteiger partial charge in [0.25, 0.3) is 0 Å². The van der Waals surface area contributed by atoms with Gasteiger partial charge in [0.15, 0.2) is 0 Å². The Morgan fingerprint density at radius 3 is 2.90 bits per heavy atom. The molecule has 0 bridgehead atoms. The van der Waals surface area contributed by atoms with Crippen molar-refractivity contribution in [2.45, 2.75) is 46.2 Å². The number of benzene rings is 1. The minimum atomic E-state index is 0.0481. The molecule has 1 amide bonds. The highest BCUT2D eigenvalue weighted by Crippen LogP contribution is 2.20. The zero-order valence-electron chi connectivity index (χ0n) is 17.4. The number of likely N-dealkylation sites (tertiary alicyclic amines) is 1. The molecule has 1 saturated heterocycles. The minimum Gasteiger partial charge on any atom is -0.465 e. The summed E-state index contributed by atoms with van der Waals surface area (Å²) < 4.78 is 7.84. The highest BCUT2D eigenvalue weighted by atomic mass is 16.3. The molecule has 0 aliphatic carbocycles. The number of imidazole rings is 1. The van der Waals surface area contributed by atoms with Gasteiger partial charge in [0, 0.05) is 19.5 Å². The molecule has 1 fully saturated rings. The number of carbonyl (C=O) groups is 1. The van der Waals surface area contributed by atoms with Crippen molar-refractivity contribution >= 4 is 16.9 Å². The van der Waals surface area contributed by atoms with Crippen LogP contribution in [0.3, 0.4) is 0 Å². The molecule has 3 aromatic rings. The second kappa shape index (κ2) is 8.82. The summed E-state index contributed by atoms with van der Waals surface area (Å²) in [5.41, 5.74) is 1.94. The molecular weight excluding hydrogens is 364 g/mol. The lowest BCUT2D eigenvalue weighted by Crippen LogP contribution is -2.41. The predicted octanol–water partition coefficient (Wildman–Crippen LogP) is 3.53. The van der Waals surface area contributed by atoms with Crippen LogP contribution in [0.4, 0.5) is 0 Å². The lowest BCUT2D eigenvalue weighted by atomic mass is 9.98. The smallest absolute Gasteiger partial charge is 0.240 e. The Labute approximate surface area is 171 Å². The van der Waals surface area contributed by atoms with Crippen LogP contribution in [0.25, 0.3) is 11.0 Å². The van der Waals surface area contributed by atoms with E-state index >= 15 is 0 Å². The molecule has 1 aromatic carbocycles. The maximum atomic E-state index is 12.6. The largest absolute Gasteiger partial charge is 0.465 e. The number of rotatable bonds is 7. The van der Waals surface area contributed by atoms with E-state index in [1.54, 1.807) is 0 Å². The molecule has 6 nitrogen and oxygen atoms in total. The van der Waals surface area contributed by atoms with Crippen LogP contribution in [0.15, 0.2) is 40.8 Å². The monoisotopic (exact) mass is 394 g/mol. The SMILES string of the molecule is CCc1ccc(CN2CCCC(CNC(=O)Cn3c(C)nc4ccccc43)C2)o1. The second-order valence-electron chi connectivity index (χ2n) is 8.00. The van der Waals surface area contributed by atoms with Gasteiger partial charge in [0.05, 0.1) is 17.6 Å². The number of aromatic nitrogens is 2. The Bertz CT molecular complexity index is 974. The number of para-hydroxylation sites is 2. The molecule has 6 heteroatoms. The van der Waals surface area contributed by atoms with Crippen LogP contribution >= 0.6 is 0 Å². The summed E-state index contributed by atoms with van der Waals surface area (Å²) in [7, 11) is 0. The number of hydrogen-bond acceptors (Lipinski definition) is 4. The van der Waals surface area contributed by atoms with Gasteiger partial charge in [-0.05, 0) is 56.5 Å². The summed E-state index contributed by atoms with van der Waals surface area (Å²) in [6.07, 6.45) is 3.25. The van der Waals surface area contributed by atoms with Crippen molar-refractivity contribution < 1.29 is 9.21 Å². The van der Waals surface area contributed by atoms with Crippen molar-refractivity contribution in [3.05, 3.63) is 53.7 Å². The molecular formula is C23H30N4O2. The van der Waals surface area contributed by atoms with Crippen LogP contribution in [0, 0.1) is 12.8 Å². The first-order valence-electron chi connectivity index (χ1n) is 10.6. The average molecular weight is 395 g/mol. The summed E-state index contributed by atoms with van der Waals surface area (Å²) in [5, 5.41) is 3.14. The van der Waals surface area contributed by atoms with E-state index in [1.165, 1.54) is 0 Å². The van der Waals surface area contributed by atoms with Crippen molar-refractivity contribution in [3.63, 3.8) is 0 Å². The van der Waals surface area contributed by atoms with Crippen LogP contribution in [-0.2, 0) is 24.3 Å². The number of piperidine rings is 1. The second-order valence-corrected chi connectivity index (χ2v) is 8.00. The van der Waals surface area contributed by atoms with E-state index in [0.717, 1.165) is 73.8 Å². The van der Waals surface area contributed by atoms with E-state index in [1.807, 2.05) is 35.8 Å². The molecule has 1 aliphatic heterocycles. The molecule has 1 atom stereocenters. The van der Waals surface area contributed by atoms with Crippen molar-refractivity contribution in [1.29, 1.82) is 0 Å². The van der Waals surface area contributed by atoms with Gasteiger partial charge >= 0.3 is 0 Å². The van der Waals surface area contributed by atoms with Crippen molar-refractivity contribution in [3.8, 4) is 0 Å². The average Bonchev–Trinajstić information content (AvgIpc) is 3.31. The van der Waals surface area contributed by atoms with Gasteiger partial charge in [-0.15, -0.1) is 0 Å². The number of nitrogens with zero attached hydrogens (tertiary/aromatic N) is 3. The number of amides is 1. The molecule has 0 spiro atoms. The van der Waals surface area contributed by atoms with E-state index in [0.29, 0.717) is 12.5 Å². The van der Waals surface area contributed by atoms with Gasteiger partial charge < -0.3 is 14.3 Å². The van der Waals surface area contributed by atoms with E-state index < -0.39 is 0 Å². The maximum Gasteiger partial charge on any atom is 0.240 e. The fraction of sp³-hybridized carbons (Fsp3) is 0.478. The van der Waals surface area contributed by atoms with E-state index in [9.17, 15) is 4.79 Å². The number of aryl methyl sites for hydroxylation is 2. The third-order valence-corrected chi connectivity index (χ3v) is 5.78. The molecule has 2 aromatic heterocycles.